The van der Waals surface area contributed by atoms with Crippen molar-refractivity contribution in [3.8, 4) is 5.75 Å². The highest BCUT2D eigenvalue weighted by Gasteiger charge is 2.06. The third kappa shape index (κ3) is 1.87. The molecule has 4 heteroatoms. The van der Waals surface area contributed by atoms with Crippen molar-refractivity contribution in [1.82, 2.24) is 0 Å². The van der Waals surface area contributed by atoms with Gasteiger partial charge in [-0.1, -0.05) is 15.9 Å². The van der Waals surface area contributed by atoms with Crippen LogP contribution >= 0.6 is 28.6 Å². The van der Waals surface area contributed by atoms with Crippen molar-refractivity contribution in [1.29, 1.82) is 0 Å². The van der Waals surface area contributed by atoms with Crippen molar-refractivity contribution >= 4 is 28.6 Å². The lowest BCUT2D eigenvalue weighted by Crippen LogP contribution is -1.84. The number of rotatable bonds is 1. The summed E-state index contributed by atoms with van der Waals surface area (Å²) >= 11 is 7.03. The summed E-state index contributed by atoms with van der Waals surface area (Å²) in [4.78, 5) is 0. The number of halogens is 2. The van der Waals surface area contributed by atoms with Crippen molar-refractivity contribution in [2.24, 2.45) is 0 Å². The Bertz CT molecular complexity index is 277. The second kappa shape index (κ2) is 3.45. The molecule has 0 saturated carbocycles. The maximum absolute atomic E-state index is 12.7. The van der Waals surface area contributed by atoms with Crippen LogP contribution in [0.1, 0.15) is 5.56 Å². The van der Waals surface area contributed by atoms with E-state index >= 15 is 0 Å². The van der Waals surface area contributed by atoms with Crippen molar-refractivity contribution in [2.45, 2.75) is 5.75 Å². The largest absolute Gasteiger partial charge is 0.505 e. The van der Waals surface area contributed by atoms with Gasteiger partial charge < -0.3 is 5.11 Å². The van der Waals surface area contributed by atoms with Gasteiger partial charge in [-0.3, -0.25) is 0 Å². The van der Waals surface area contributed by atoms with Gasteiger partial charge in [0.2, 0.25) is 0 Å². The molecule has 1 aromatic carbocycles. The Hall–Kier alpha value is -0.220. The normalized spacial score (nSPS) is 10.1. The minimum atomic E-state index is -0.622. The minimum absolute atomic E-state index is 0.316. The van der Waals surface area contributed by atoms with E-state index in [-0.39, 0.29) is 5.75 Å². The van der Waals surface area contributed by atoms with Gasteiger partial charge in [0.15, 0.2) is 11.6 Å². The molecule has 0 aliphatic rings. The summed E-state index contributed by atoms with van der Waals surface area (Å²) in [7, 11) is 0. The lowest BCUT2D eigenvalue weighted by atomic mass is 10.2. The van der Waals surface area contributed by atoms with Crippen LogP contribution in [-0.4, -0.2) is 5.11 Å². The van der Waals surface area contributed by atoms with Gasteiger partial charge in [0.05, 0.1) is 0 Å². The molecule has 0 aliphatic carbocycles. The molecule has 0 radical (unpaired) electrons. The minimum Gasteiger partial charge on any atom is -0.505 e. The first kappa shape index (κ1) is 8.87. The molecular formula is C7H6BrFOS. The van der Waals surface area contributed by atoms with Crippen LogP contribution in [0.25, 0.3) is 0 Å². The van der Waals surface area contributed by atoms with Gasteiger partial charge in [0.25, 0.3) is 0 Å². The average molecular weight is 237 g/mol. The number of aromatic hydroxyl groups is 1. The Balaban J connectivity index is 3.24. The molecule has 60 valence electrons. The van der Waals surface area contributed by atoms with Gasteiger partial charge in [-0.05, 0) is 12.1 Å². The Morgan fingerprint density at radius 2 is 2.18 bits per heavy atom. The van der Waals surface area contributed by atoms with E-state index in [1.54, 1.807) is 6.07 Å². The highest BCUT2D eigenvalue weighted by molar-refractivity contribution is 9.10. The van der Waals surface area contributed by atoms with Gasteiger partial charge in [0.1, 0.15) is 0 Å². The second-order valence-corrected chi connectivity index (χ2v) is 3.29. The number of hydrogen-bond donors (Lipinski definition) is 2. The molecule has 1 aromatic rings. The first-order valence-corrected chi connectivity index (χ1v) is 4.35. The van der Waals surface area contributed by atoms with Gasteiger partial charge >= 0.3 is 0 Å². The smallest absolute Gasteiger partial charge is 0.166 e. The summed E-state index contributed by atoms with van der Waals surface area (Å²) in [5.74, 6) is -0.617. The average Bonchev–Trinajstić information content (AvgIpc) is 1.96. The highest BCUT2D eigenvalue weighted by atomic mass is 79.9. The molecule has 11 heavy (non-hydrogen) atoms. The Labute approximate surface area is 77.8 Å². The van der Waals surface area contributed by atoms with E-state index in [2.05, 4.69) is 28.6 Å². The fourth-order valence-corrected chi connectivity index (χ4v) is 1.46. The second-order valence-electron chi connectivity index (χ2n) is 2.05. The summed E-state index contributed by atoms with van der Waals surface area (Å²) in [6.07, 6.45) is 0. The van der Waals surface area contributed by atoms with E-state index in [0.717, 1.165) is 0 Å². The summed E-state index contributed by atoms with van der Waals surface area (Å²) in [6, 6.07) is 2.84. The first-order chi connectivity index (χ1) is 5.15. The van der Waals surface area contributed by atoms with Crippen LogP contribution in [0.5, 0.6) is 5.75 Å². The fourth-order valence-electron chi connectivity index (χ4n) is 0.740. The molecule has 0 atom stereocenters. The Kier molecular flexibility index (Phi) is 2.78. The third-order valence-electron chi connectivity index (χ3n) is 1.28. The first-order valence-electron chi connectivity index (χ1n) is 2.93. The van der Waals surface area contributed by atoms with Gasteiger partial charge in [-0.25, -0.2) is 4.39 Å². The molecule has 0 unspecified atom stereocenters. The van der Waals surface area contributed by atoms with E-state index in [9.17, 15) is 4.39 Å². The molecule has 1 N–H and O–H groups in total. The lowest BCUT2D eigenvalue weighted by molar-refractivity contribution is 0.428. The molecule has 0 aromatic heterocycles. The van der Waals surface area contributed by atoms with Crippen molar-refractivity contribution in [2.75, 3.05) is 0 Å². The number of thiol groups is 1. The molecular weight excluding hydrogens is 231 g/mol. The zero-order chi connectivity index (χ0) is 8.43. The molecule has 0 fully saturated rings. The number of phenols is 1. The molecule has 0 bridgehead atoms. The van der Waals surface area contributed by atoms with Crippen molar-refractivity contribution < 1.29 is 9.50 Å². The predicted molar refractivity (Wildman–Crippen MR) is 48.5 cm³/mol. The van der Waals surface area contributed by atoms with E-state index in [4.69, 9.17) is 5.11 Å². The summed E-state index contributed by atoms with van der Waals surface area (Å²) in [5.41, 5.74) is 0.486. The van der Waals surface area contributed by atoms with Crippen LogP contribution in [-0.2, 0) is 5.75 Å². The number of phenolic OH excluding ortho intramolecular Hbond substituents is 1. The molecule has 0 amide bonds. The van der Waals surface area contributed by atoms with E-state index in [0.29, 0.717) is 15.8 Å². The van der Waals surface area contributed by atoms with Gasteiger partial charge in [0, 0.05) is 15.8 Å². The fraction of sp³-hybridized carbons (Fsp3) is 0.143. The van der Waals surface area contributed by atoms with Crippen LogP contribution in [0.2, 0.25) is 0 Å². The molecule has 0 spiro atoms. The molecule has 0 saturated heterocycles. The maximum Gasteiger partial charge on any atom is 0.166 e. The monoisotopic (exact) mass is 236 g/mol. The topological polar surface area (TPSA) is 20.2 Å². The van der Waals surface area contributed by atoms with Crippen LogP contribution in [0.4, 0.5) is 4.39 Å². The summed E-state index contributed by atoms with van der Waals surface area (Å²) in [5, 5.41) is 9.08. The van der Waals surface area contributed by atoms with Crippen LogP contribution in [0.3, 0.4) is 0 Å². The maximum atomic E-state index is 12.7. The van der Waals surface area contributed by atoms with Crippen LogP contribution in [0, 0.1) is 5.82 Å². The van der Waals surface area contributed by atoms with Gasteiger partial charge in [-0.15, -0.1) is 0 Å². The predicted octanol–water partition coefficient (Wildman–Crippen LogP) is 2.72. The molecule has 1 rings (SSSR count). The Morgan fingerprint density at radius 1 is 1.55 bits per heavy atom. The standard InChI is InChI=1S/C7H6BrFOS/c8-5-1-4(3-11)7(10)6(9)2-5/h1-2,10-11H,3H2. The zero-order valence-corrected chi connectivity index (χ0v) is 7.99. The SMILES string of the molecule is Oc1c(F)cc(Br)cc1CS. The number of hydrogen-bond acceptors (Lipinski definition) is 2. The van der Waals surface area contributed by atoms with Gasteiger partial charge in [-0.2, -0.15) is 12.6 Å². The van der Waals surface area contributed by atoms with E-state index in [1.807, 2.05) is 0 Å². The van der Waals surface area contributed by atoms with Crippen molar-refractivity contribution in [3.63, 3.8) is 0 Å². The van der Waals surface area contributed by atoms with E-state index in [1.165, 1.54) is 6.07 Å². The lowest BCUT2D eigenvalue weighted by Gasteiger charge is -2.02. The van der Waals surface area contributed by atoms with Crippen LogP contribution < -0.4 is 0 Å². The Morgan fingerprint density at radius 3 is 2.73 bits per heavy atom. The number of benzene rings is 1. The van der Waals surface area contributed by atoms with E-state index < -0.39 is 5.82 Å². The third-order valence-corrected chi connectivity index (χ3v) is 2.08. The highest BCUT2D eigenvalue weighted by Crippen LogP contribution is 2.26. The summed E-state index contributed by atoms with van der Waals surface area (Å²) < 4.78 is 13.3. The molecule has 0 heterocycles. The quantitative estimate of drug-likeness (QED) is 0.719. The summed E-state index contributed by atoms with van der Waals surface area (Å²) in [6.45, 7) is 0. The van der Waals surface area contributed by atoms with Crippen LogP contribution in [0.15, 0.2) is 16.6 Å². The molecule has 1 nitrogen and oxygen atoms in total. The van der Waals surface area contributed by atoms with Crippen molar-refractivity contribution in [3.05, 3.63) is 28.0 Å². The molecule has 0 aliphatic heterocycles. The zero-order valence-electron chi connectivity index (χ0n) is 5.51.